The summed E-state index contributed by atoms with van der Waals surface area (Å²) < 4.78 is 10.5. The van der Waals surface area contributed by atoms with Crippen molar-refractivity contribution in [2.45, 2.75) is 30.9 Å². The third-order valence-corrected chi connectivity index (χ3v) is 4.91. The molecule has 0 bridgehead atoms. The highest BCUT2D eigenvalue weighted by atomic mass is 32.2. The van der Waals surface area contributed by atoms with Crippen LogP contribution in [0.15, 0.2) is 41.3 Å². The molecule has 2 aromatic rings. The van der Waals surface area contributed by atoms with Crippen LogP contribution in [0.1, 0.15) is 18.1 Å². The Balaban J connectivity index is 2.04. The van der Waals surface area contributed by atoms with E-state index in [0.29, 0.717) is 11.5 Å². The molecule has 0 unspecified atom stereocenters. The lowest BCUT2D eigenvalue weighted by atomic mass is 10.1. The van der Waals surface area contributed by atoms with Crippen LogP contribution in [-0.2, 0) is 4.79 Å². The Bertz CT molecular complexity index is 731. The lowest BCUT2D eigenvalue weighted by Gasteiger charge is -2.14. The first-order valence-electron chi connectivity index (χ1n) is 7.71. The molecule has 1 N–H and O–H groups in total. The average molecular weight is 345 g/mol. The molecule has 0 radical (unpaired) electrons. The summed E-state index contributed by atoms with van der Waals surface area (Å²) >= 11 is 1.48. The molecule has 0 aliphatic carbocycles. The lowest BCUT2D eigenvalue weighted by molar-refractivity contribution is -0.115. The van der Waals surface area contributed by atoms with Crippen LogP contribution in [0.5, 0.6) is 11.5 Å². The fourth-order valence-corrected chi connectivity index (χ4v) is 3.11. The van der Waals surface area contributed by atoms with Crippen molar-refractivity contribution in [1.29, 1.82) is 0 Å². The maximum absolute atomic E-state index is 12.4. The highest BCUT2D eigenvalue weighted by Crippen LogP contribution is 2.33. The van der Waals surface area contributed by atoms with Crippen molar-refractivity contribution in [2.24, 2.45) is 0 Å². The van der Waals surface area contributed by atoms with Gasteiger partial charge in [-0.2, -0.15) is 0 Å². The van der Waals surface area contributed by atoms with Gasteiger partial charge in [0.15, 0.2) is 11.5 Å². The van der Waals surface area contributed by atoms with Gasteiger partial charge in [-0.25, -0.2) is 0 Å². The minimum Gasteiger partial charge on any atom is -0.493 e. The second-order valence-electron chi connectivity index (χ2n) is 5.57. The number of benzene rings is 2. The molecule has 24 heavy (non-hydrogen) atoms. The molecule has 2 rings (SSSR count). The summed E-state index contributed by atoms with van der Waals surface area (Å²) in [7, 11) is 3.20. The first-order chi connectivity index (χ1) is 11.4. The van der Waals surface area contributed by atoms with Crippen LogP contribution in [0.2, 0.25) is 0 Å². The average Bonchev–Trinajstić information content (AvgIpc) is 2.57. The minimum atomic E-state index is -0.232. The second-order valence-corrected chi connectivity index (χ2v) is 6.98. The van der Waals surface area contributed by atoms with Crippen molar-refractivity contribution in [3.8, 4) is 11.5 Å². The van der Waals surface area contributed by atoms with Crippen LogP contribution >= 0.6 is 11.8 Å². The smallest absolute Gasteiger partial charge is 0.237 e. The van der Waals surface area contributed by atoms with E-state index in [4.69, 9.17) is 9.47 Å². The molecule has 0 heterocycles. The van der Waals surface area contributed by atoms with Crippen LogP contribution < -0.4 is 14.8 Å². The number of thioether (sulfide) groups is 1. The molecule has 0 fully saturated rings. The summed E-state index contributed by atoms with van der Waals surface area (Å²) in [5, 5.41) is 2.73. The summed E-state index contributed by atoms with van der Waals surface area (Å²) in [6.45, 7) is 5.97. The van der Waals surface area contributed by atoms with Crippen molar-refractivity contribution in [1.82, 2.24) is 0 Å². The third-order valence-electron chi connectivity index (χ3n) is 3.81. The molecule has 0 aliphatic rings. The number of rotatable bonds is 6. The zero-order chi connectivity index (χ0) is 17.7. The Morgan fingerprint density at radius 2 is 1.71 bits per heavy atom. The number of amides is 1. The van der Waals surface area contributed by atoms with Crippen LogP contribution in [0, 0.1) is 13.8 Å². The van der Waals surface area contributed by atoms with E-state index in [1.807, 2.05) is 50.2 Å². The molecule has 0 aliphatic heterocycles. The maximum Gasteiger partial charge on any atom is 0.237 e. The number of nitrogens with one attached hydrogen (secondary N) is 1. The van der Waals surface area contributed by atoms with Gasteiger partial charge >= 0.3 is 0 Å². The summed E-state index contributed by atoms with van der Waals surface area (Å²) in [5.74, 6) is 1.30. The molecule has 0 saturated carbocycles. The van der Waals surface area contributed by atoms with Crippen LogP contribution in [0.3, 0.4) is 0 Å². The molecule has 0 spiro atoms. The van der Waals surface area contributed by atoms with Crippen LogP contribution in [0.25, 0.3) is 0 Å². The van der Waals surface area contributed by atoms with E-state index in [-0.39, 0.29) is 11.2 Å². The van der Waals surface area contributed by atoms with Crippen molar-refractivity contribution in [3.63, 3.8) is 0 Å². The molecular weight excluding hydrogens is 322 g/mol. The van der Waals surface area contributed by atoms with E-state index in [2.05, 4.69) is 12.2 Å². The van der Waals surface area contributed by atoms with Gasteiger partial charge in [0, 0.05) is 10.6 Å². The SMILES string of the molecule is COc1ccc(S[C@H](C)C(=O)Nc2ccc(C)c(C)c2)cc1OC. The quantitative estimate of drug-likeness (QED) is 0.786. The Labute approximate surface area is 147 Å². The van der Waals surface area contributed by atoms with E-state index >= 15 is 0 Å². The van der Waals surface area contributed by atoms with E-state index in [0.717, 1.165) is 16.1 Å². The number of anilines is 1. The first-order valence-corrected chi connectivity index (χ1v) is 8.59. The largest absolute Gasteiger partial charge is 0.493 e. The zero-order valence-electron chi connectivity index (χ0n) is 14.7. The predicted molar refractivity (Wildman–Crippen MR) is 99.4 cm³/mol. The Hall–Kier alpha value is -2.14. The molecule has 2 aromatic carbocycles. The Morgan fingerprint density at radius 1 is 1.00 bits per heavy atom. The van der Waals surface area contributed by atoms with Crippen molar-refractivity contribution >= 4 is 23.4 Å². The monoisotopic (exact) mass is 345 g/mol. The lowest BCUT2D eigenvalue weighted by Crippen LogP contribution is -2.22. The van der Waals surface area contributed by atoms with Crippen molar-refractivity contribution in [2.75, 3.05) is 19.5 Å². The molecule has 1 atom stereocenters. The molecule has 1 amide bonds. The maximum atomic E-state index is 12.4. The first kappa shape index (κ1) is 18.2. The van der Waals surface area contributed by atoms with Gasteiger partial charge in [-0.05, 0) is 62.2 Å². The zero-order valence-corrected chi connectivity index (χ0v) is 15.5. The fraction of sp³-hybridized carbons (Fsp3) is 0.316. The van der Waals surface area contributed by atoms with Crippen LogP contribution in [0.4, 0.5) is 5.69 Å². The summed E-state index contributed by atoms with van der Waals surface area (Å²) in [5.41, 5.74) is 3.19. The molecular formula is C19H23NO3S. The van der Waals surface area contributed by atoms with Crippen molar-refractivity contribution < 1.29 is 14.3 Å². The molecule has 5 heteroatoms. The normalized spacial score (nSPS) is 11.7. The number of hydrogen-bond donors (Lipinski definition) is 1. The van der Waals surface area contributed by atoms with Crippen LogP contribution in [-0.4, -0.2) is 25.4 Å². The Morgan fingerprint density at radius 3 is 2.33 bits per heavy atom. The third kappa shape index (κ3) is 4.45. The van der Waals surface area contributed by atoms with Gasteiger partial charge in [-0.3, -0.25) is 4.79 Å². The van der Waals surface area contributed by atoms with Gasteiger partial charge in [0.05, 0.1) is 19.5 Å². The predicted octanol–water partition coefficient (Wildman–Crippen LogP) is 4.44. The molecule has 128 valence electrons. The number of hydrogen-bond acceptors (Lipinski definition) is 4. The van der Waals surface area contributed by atoms with E-state index in [1.165, 1.54) is 17.3 Å². The second kappa shape index (κ2) is 8.11. The highest BCUT2D eigenvalue weighted by Gasteiger charge is 2.16. The molecule has 0 aromatic heterocycles. The highest BCUT2D eigenvalue weighted by molar-refractivity contribution is 8.00. The number of methoxy groups -OCH3 is 2. The van der Waals surface area contributed by atoms with E-state index in [9.17, 15) is 4.79 Å². The van der Waals surface area contributed by atoms with E-state index in [1.54, 1.807) is 14.2 Å². The molecule has 0 saturated heterocycles. The van der Waals surface area contributed by atoms with E-state index < -0.39 is 0 Å². The number of ether oxygens (including phenoxy) is 2. The summed E-state index contributed by atoms with van der Waals surface area (Å²) in [6, 6.07) is 11.6. The van der Waals surface area contributed by atoms with Gasteiger partial charge < -0.3 is 14.8 Å². The van der Waals surface area contributed by atoms with Gasteiger partial charge in [-0.15, -0.1) is 11.8 Å². The van der Waals surface area contributed by atoms with Crippen molar-refractivity contribution in [3.05, 3.63) is 47.5 Å². The summed E-state index contributed by atoms with van der Waals surface area (Å²) in [6.07, 6.45) is 0. The number of aryl methyl sites for hydroxylation is 2. The van der Waals surface area contributed by atoms with Gasteiger partial charge in [0.2, 0.25) is 5.91 Å². The van der Waals surface area contributed by atoms with Gasteiger partial charge in [-0.1, -0.05) is 6.07 Å². The Kier molecular flexibility index (Phi) is 6.15. The van der Waals surface area contributed by atoms with Gasteiger partial charge in [0.25, 0.3) is 0 Å². The van der Waals surface area contributed by atoms with Gasteiger partial charge in [0.1, 0.15) is 0 Å². The fourth-order valence-electron chi connectivity index (χ4n) is 2.21. The minimum absolute atomic E-state index is 0.0296. The number of carbonyl (C=O) groups excluding carboxylic acids is 1. The summed E-state index contributed by atoms with van der Waals surface area (Å²) in [4.78, 5) is 13.4. The number of carbonyl (C=O) groups is 1. The standard InChI is InChI=1S/C19H23NO3S/c1-12-6-7-15(10-13(12)2)20-19(21)14(3)24-16-8-9-17(22-4)18(11-16)23-5/h6-11,14H,1-5H3,(H,20,21)/t14-/m1/s1. The molecule has 4 nitrogen and oxygen atoms in total. The topological polar surface area (TPSA) is 47.6 Å².